The van der Waals surface area contributed by atoms with E-state index in [1.54, 1.807) is 28.8 Å². The van der Waals surface area contributed by atoms with Crippen LogP contribution in [0.15, 0.2) is 78.9 Å². The molecule has 4 nitrogen and oxygen atoms in total. The van der Waals surface area contributed by atoms with Crippen LogP contribution in [0.1, 0.15) is 48.8 Å². The Balaban J connectivity index is 1.58. The summed E-state index contributed by atoms with van der Waals surface area (Å²) in [5, 5.41) is 4.17. The Bertz CT molecular complexity index is 1190. The minimum Gasteiger partial charge on any atom is -0.352 e. The lowest BCUT2D eigenvalue weighted by Crippen LogP contribution is -2.53. The van der Waals surface area contributed by atoms with Crippen molar-refractivity contribution in [2.75, 3.05) is 5.75 Å². The molecule has 4 rings (SSSR count). The highest BCUT2D eigenvalue weighted by atomic mass is 35.5. The second-order valence-electron chi connectivity index (χ2n) is 9.80. The topological polar surface area (TPSA) is 49.4 Å². The zero-order valence-corrected chi connectivity index (χ0v) is 23.8. The van der Waals surface area contributed by atoms with Crippen molar-refractivity contribution in [1.82, 2.24) is 10.2 Å². The predicted octanol–water partition coefficient (Wildman–Crippen LogP) is 7.32. The third-order valence-electron chi connectivity index (χ3n) is 6.90. The zero-order valence-electron chi connectivity index (χ0n) is 21.5. The lowest BCUT2D eigenvalue weighted by atomic mass is 9.94. The predicted molar refractivity (Wildman–Crippen MR) is 159 cm³/mol. The number of nitrogens with zero attached hydrogens (tertiary/aromatic N) is 1. The Hall–Kier alpha value is -2.47. The van der Waals surface area contributed by atoms with Gasteiger partial charge in [-0.1, -0.05) is 109 Å². The summed E-state index contributed by atoms with van der Waals surface area (Å²) in [5.41, 5.74) is 3.02. The van der Waals surface area contributed by atoms with Crippen LogP contribution in [-0.2, 0) is 28.3 Å². The van der Waals surface area contributed by atoms with E-state index in [2.05, 4.69) is 17.4 Å². The summed E-state index contributed by atoms with van der Waals surface area (Å²) >= 11 is 14.0. The second kappa shape index (κ2) is 14.6. The molecule has 1 atom stereocenters. The number of rotatable bonds is 11. The number of amides is 2. The second-order valence-corrected chi connectivity index (χ2v) is 11.6. The van der Waals surface area contributed by atoms with Crippen molar-refractivity contribution in [1.29, 1.82) is 0 Å². The molecule has 3 aromatic rings. The number of hydrogen-bond donors (Lipinski definition) is 1. The first-order valence-corrected chi connectivity index (χ1v) is 15.1. The molecule has 0 aromatic heterocycles. The molecule has 0 aliphatic heterocycles. The summed E-state index contributed by atoms with van der Waals surface area (Å²) in [5.74, 6) is 0.835. The molecular weight excluding hydrogens is 535 g/mol. The smallest absolute Gasteiger partial charge is 0.243 e. The molecule has 1 aliphatic rings. The SMILES string of the molecule is O=C(NC1CCCCC1)[C@@H](Cc1ccccc1)N(Cc1ccc(Cl)c(Cl)c1)C(=O)CSCc1ccccc1. The van der Waals surface area contributed by atoms with E-state index < -0.39 is 6.04 Å². The van der Waals surface area contributed by atoms with Crippen LogP contribution in [-0.4, -0.2) is 34.6 Å². The summed E-state index contributed by atoms with van der Waals surface area (Å²) in [6.07, 6.45) is 5.86. The minimum absolute atomic E-state index is 0.0725. The van der Waals surface area contributed by atoms with Gasteiger partial charge in [0.2, 0.25) is 11.8 Å². The highest BCUT2D eigenvalue weighted by Gasteiger charge is 2.32. The van der Waals surface area contributed by atoms with E-state index >= 15 is 0 Å². The standard InChI is InChI=1S/C31H34Cl2N2O2S/c32-27-17-16-25(18-28(27)33)20-35(30(36)22-38-21-24-12-6-2-7-13-24)29(19-23-10-4-1-5-11-23)31(37)34-26-14-8-3-9-15-26/h1-2,4-7,10-13,16-18,26,29H,3,8-9,14-15,19-22H2,(H,34,37)/t29-/m1/s1. The van der Waals surface area contributed by atoms with Crippen LogP contribution in [0, 0.1) is 0 Å². The molecule has 0 saturated heterocycles. The van der Waals surface area contributed by atoms with Crippen LogP contribution in [0.4, 0.5) is 0 Å². The molecule has 0 radical (unpaired) electrons. The summed E-state index contributed by atoms with van der Waals surface area (Å²) in [7, 11) is 0. The van der Waals surface area contributed by atoms with Crippen LogP contribution < -0.4 is 5.32 Å². The molecule has 2 amide bonds. The molecule has 0 unspecified atom stereocenters. The third kappa shape index (κ3) is 8.52. The lowest BCUT2D eigenvalue weighted by Gasteiger charge is -2.33. The lowest BCUT2D eigenvalue weighted by molar-refractivity contribution is -0.139. The maximum atomic E-state index is 13.8. The Morgan fingerprint density at radius 2 is 1.50 bits per heavy atom. The molecule has 0 bridgehead atoms. The third-order valence-corrected chi connectivity index (χ3v) is 8.62. The number of benzene rings is 3. The molecule has 0 heterocycles. The average Bonchev–Trinajstić information content (AvgIpc) is 2.94. The number of nitrogens with one attached hydrogen (secondary N) is 1. The normalized spacial score (nSPS) is 14.6. The van der Waals surface area contributed by atoms with Crippen molar-refractivity contribution in [3.63, 3.8) is 0 Å². The maximum absolute atomic E-state index is 13.8. The summed E-state index contributed by atoms with van der Waals surface area (Å²) in [6.45, 7) is 0.275. The van der Waals surface area contributed by atoms with Crippen molar-refractivity contribution in [3.05, 3.63) is 106 Å². The first kappa shape index (κ1) is 28.5. The molecular formula is C31H34Cl2N2O2S. The number of thioether (sulfide) groups is 1. The van der Waals surface area contributed by atoms with Gasteiger partial charge in [0, 0.05) is 24.8 Å². The van der Waals surface area contributed by atoms with Gasteiger partial charge >= 0.3 is 0 Å². The highest BCUT2D eigenvalue weighted by molar-refractivity contribution is 7.99. The van der Waals surface area contributed by atoms with Crippen molar-refractivity contribution in [2.45, 2.75) is 62.9 Å². The highest BCUT2D eigenvalue weighted by Crippen LogP contribution is 2.25. The van der Waals surface area contributed by atoms with Gasteiger partial charge in [0.25, 0.3) is 0 Å². The number of hydrogen-bond acceptors (Lipinski definition) is 3. The van der Waals surface area contributed by atoms with Crippen LogP contribution in [0.25, 0.3) is 0 Å². The van der Waals surface area contributed by atoms with Gasteiger partial charge in [-0.2, -0.15) is 0 Å². The van der Waals surface area contributed by atoms with Gasteiger partial charge in [-0.25, -0.2) is 0 Å². The molecule has 1 fully saturated rings. The average molecular weight is 570 g/mol. The summed E-state index contributed by atoms with van der Waals surface area (Å²) in [4.78, 5) is 29.3. The first-order chi connectivity index (χ1) is 18.5. The van der Waals surface area contributed by atoms with Gasteiger partial charge in [-0.3, -0.25) is 9.59 Å². The quantitative estimate of drug-likeness (QED) is 0.263. The molecule has 1 saturated carbocycles. The van der Waals surface area contributed by atoms with Crippen molar-refractivity contribution in [3.8, 4) is 0 Å². The van der Waals surface area contributed by atoms with Gasteiger partial charge < -0.3 is 10.2 Å². The fourth-order valence-corrected chi connectivity index (χ4v) is 6.04. The van der Waals surface area contributed by atoms with Gasteiger partial charge in [-0.15, -0.1) is 11.8 Å². The fourth-order valence-electron chi connectivity index (χ4n) is 4.85. The zero-order chi connectivity index (χ0) is 26.7. The molecule has 3 aromatic carbocycles. The molecule has 0 spiro atoms. The Morgan fingerprint density at radius 3 is 2.16 bits per heavy atom. The van der Waals surface area contributed by atoms with Crippen molar-refractivity contribution >= 4 is 46.8 Å². The Morgan fingerprint density at radius 1 is 0.842 bits per heavy atom. The minimum atomic E-state index is -0.640. The van der Waals surface area contributed by atoms with Crippen LogP contribution >= 0.6 is 35.0 Å². The molecule has 1 aliphatic carbocycles. The molecule has 7 heteroatoms. The largest absolute Gasteiger partial charge is 0.352 e. The van der Waals surface area contributed by atoms with E-state index in [-0.39, 0.29) is 30.2 Å². The number of carbonyl (C=O) groups is 2. The fraction of sp³-hybridized carbons (Fsp3) is 0.355. The van der Waals surface area contributed by atoms with E-state index in [0.29, 0.717) is 16.5 Å². The van der Waals surface area contributed by atoms with Crippen LogP contribution in [0.2, 0.25) is 10.0 Å². The van der Waals surface area contributed by atoms with Gasteiger partial charge in [0.1, 0.15) is 6.04 Å². The van der Waals surface area contributed by atoms with Crippen LogP contribution in [0.5, 0.6) is 0 Å². The Labute approximate surface area is 240 Å². The van der Waals surface area contributed by atoms with E-state index in [0.717, 1.165) is 48.1 Å². The summed E-state index contributed by atoms with van der Waals surface area (Å²) < 4.78 is 0. The van der Waals surface area contributed by atoms with Crippen molar-refractivity contribution < 1.29 is 9.59 Å². The van der Waals surface area contributed by atoms with Gasteiger partial charge in [0.05, 0.1) is 15.8 Å². The van der Waals surface area contributed by atoms with E-state index in [1.165, 1.54) is 6.42 Å². The molecule has 1 N–H and O–H groups in total. The van der Waals surface area contributed by atoms with E-state index in [4.69, 9.17) is 23.2 Å². The Kier molecular flexibility index (Phi) is 11.0. The van der Waals surface area contributed by atoms with Gasteiger partial charge in [-0.05, 0) is 41.7 Å². The number of halogens is 2. The summed E-state index contributed by atoms with van der Waals surface area (Å²) in [6, 6.07) is 24.9. The van der Waals surface area contributed by atoms with Crippen molar-refractivity contribution in [2.24, 2.45) is 0 Å². The van der Waals surface area contributed by atoms with Gasteiger partial charge in [0.15, 0.2) is 0 Å². The number of carbonyl (C=O) groups excluding carboxylic acids is 2. The monoisotopic (exact) mass is 568 g/mol. The van der Waals surface area contributed by atoms with Crippen LogP contribution in [0.3, 0.4) is 0 Å². The first-order valence-electron chi connectivity index (χ1n) is 13.2. The molecule has 200 valence electrons. The van der Waals surface area contributed by atoms with E-state index in [1.807, 2.05) is 54.6 Å². The maximum Gasteiger partial charge on any atom is 0.243 e. The van der Waals surface area contributed by atoms with E-state index in [9.17, 15) is 9.59 Å². The molecule has 38 heavy (non-hydrogen) atoms.